The summed E-state index contributed by atoms with van der Waals surface area (Å²) in [6.45, 7) is 5.65. The third kappa shape index (κ3) is 3.20. The number of aromatic nitrogens is 1. The van der Waals surface area contributed by atoms with E-state index in [1.54, 1.807) is 0 Å². The second-order valence-corrected chi connectivity index (χ2v) is 7.68. The molecule has 0 radical (unpaired) electrons. The fraction of sp³-hybridized carbons (Fsp3) is 0.333. The van der Waals surface area contributed by atoms with E-state index in [2.05, 4.69) is 41.6 Å². The lowest BCUT2D eigenvalue weighted by molar-refractivity contribution is 0.122. The standard InChI is InChI=1S/C21H22Cl2N2O/c1-14-10-16(25-6-8-26-9-7-25)13-21-17(14)11-15(24(21)2)12-18-19(22)4-3-5-20(18)23/h3-5,10-11,13H,6-9,12H2,1-2H3. The maximum atomic E-state index is 6.38. The Bertz CT molecular complexity index is 938. The zero-order valence-corrected chi connectivity index (χ0v) is 16.6. The van der Waals surface area contributed by atoms with Crippen LogP contribution in [0.4, 0.5) is 5.69 Å². The smallest absolute Gasteiger partial charge is 0.0642 e. The van der Waals surface area contributed by atoms with E-state index < -0.39 is 0 Å². The van der Waals surface area contributed by atoms with E-state index in [-0.39, 0.29) is 0 Å². The van der Waals surface area contributed by atoms with E-state index >= 15 is 0 Å². The van der Waals surface area contributed by atoms with Crippen molar-refractivity contribution in [2.75, 3.05) is 31.2 Å². The molecule has 4 rings (SSSR count). The van der Waals surface area contributed by atoms with E-state index in [0.29, 0.717) is 10.0 Å². The number of morpholine rings is 1. The third-order valence-corrected chi connectivity index (χ3v) is 5.96. The highest BCUT2D eigenvalue weighted by Gasteiger charge is 2.16. The van der Waals surface area contributed by atoms with Crippen molar-refractivity contribution >= 4 is 39.8 Å². The van der Waals surface area contributed by atoms with Crippen LogP contribution in [0.5, 0.6) is 0 Å². The fourth-order valence-electron chi connectivity index (χ4n) is 3.70. The number of halogens is 2. The lowest BCUT2D eigenvalue weighted by Crippen LogP contribution is -2.36. The minimum Gasteiger partial charge on any atom is -0.378 e. The van der Waals surface area contributed by atoms with Crippen molar-refractivity contribution in [2.45, 2.75) is 13.3 Å². The van der Waals surface area contributed by atoms with Crippen LogP contribution >= 0.6 is 23.2 Å². The van der Waals surface area contributed by atoms with E-state index in [0.717, 1.165) is 38.3 Å². The van der Waals surface area contributed by atoms with Gasteiger partial charge in [0, 0.05) is 53.4 Å². The Morgan fingerprint density at radius 3 is 2.42 bits per heavy atom. The van der Waals surface area contributed by atoms with Crippen LogP contribution in [-0.2, 0) is 18.2 Å². The summed E-state index contributed by atoms with van der Waals surface area (Å²) in [6, 6.07) is 12.5. The van der Waals surface area contributed by atoms with Gasteiger partial charge in [0.05, 0.1) is 18.7 Å². The minimum atomic E-state index is 0.716. The highest BCUT2D eigenvalue weighted by molar-refractivity contribution is 6.36. The lowest BCUT2D eigenvalue weighted by atomic mass is 10.1. The Morgan fingerprint density at radius 1 is 1.04 bits per heavy atom. The summed E-state index contributed by atoms with van der Waals surface area (Å²) in [4.78, 5) is 2.40. The number of fused-ring (bicyclic) bond motifs is 1. The summed E-state index contributed by atoms with van der Waals surface area (Å²) in [5, 5.41) is 2.71. The molecule has 0 aliphatic carbocycles. The topological polar surface area (TPSA) is 17.4 Å². The van der Waals surface area contributed by atoms with Crippen LogP contribution in [0.15, 0.2) is 36.4 Å². The first kappa shape index (κ1) is 17.7. The van der Waals surface area contributed by atoms with Crippen molar-refractivity contribution < 1.29 is 4.74 Å². The van der Waals surface area contributed by atoms with Gasteiger partial charge in [-0.25, -0.2) is 0 Å². The number of hydrogen-bond acceptors (Lipinski definition) is 2. The largest absolute Gasteiger partial charge is 0.378 e. The van der Waals surface area contributed by atoms with Crippen molar-refractivity contribution in [3.63, 3.8) is 0 Å². The Labute approximate surface area is 164 Å². The molecule has 0 unspecified atom stereocenters. The quantitative estimate of drug-likeness (QED) is 0.611. The van der Waals surface area contributed by atoms with E-state index in [1.807, 2.05) is 18.2 Å². The first-order chi connectivity index (χ1) is 12.5. The van der Waals surface area contributed by atoms with Crippen LogP contribution in [0, 0.1) is 6.92 Å². The molecule has 2 heterocycles. The maximum Gasteiger partial charge on any atom is 0.0642 e. The van der Waals surface area contributed by atoms with Gasteiger partial charge in [0.25, 0.3) is 0 Å². The van der Waals surface area contributed by atoms with E-state index in [9.17, 15) is 0 Å². The van der Waals surface area contributed by atoms with Crippen LogP contribution < -0.4 is 4.90 Å². The minimum absolute atomic E-state index is 0.716. The van der Waals surface area contributed by atoms with Gasteiger partial charge < -0.3 is 14.2 Å². The molecule has 1 aliphatic rings. The van der Waals surface area contributed by atoms with Gasteiger partial charge in [-0.1, -0.05) is 29.3 Å². The predicted molar refractivity (Wildman–Crippen MR) is 110 cm³/mol. The van der Waals surface area contributed by atoms with Gasteiger partial charge in [0.15, 0.2) is 0 Å². The number of ether oxygens (including phenoxy) is 1. The summed E-state index contributed by atoms with van der Waals surface area (Å²) in [7, 11) is 2.12. The zero-order chi connectivity index (χ0) is 18.3. The number of benzene rings is 2. The van der Waals surface area contributed by atoms with Crippen molar-refractivity contribution in [2.24, 2.45) is 7.05 Å². The molecule has 1 aliphatic heterocycles. The van der Waals surface area contributed by atoms with Crippen molar-refractivity contribution in [3.8, 4) is 0 Å². The van der Waals surface area contributed by atoms with E-state index in [4.69, 9.17) is 27.9 Å². The first-order valence-electron chi connectivity index (χ1n) is 8.89. The van der Waals surface area contributed by atoms with Crippen LogP contribution in [0.1, 0.15) is 16.8 Å². The van der Waals surface area contributed by atoms with Crippen LogP contribution in [0.2, 0.25) is 10.0 Å². The van der Waals surface area contributed by atoms with Gasteiger partial charge in [0.1, 0.15) is 0 Å². The molecule has 0 amide bonds. The second kappa shape index (κ2) is 7.15. The third-order valence-electron chi connectivity index (χ3n) is 5.25. The lowest BCUT2D eigenvalue weighted by Gasteiger charge is -2.29. The summed E-state index contributed by atoms with van der Waals surface area (Å²) in [5.41, 5.74) is 5.98. The normalized spacial score (nSPS) is 15.0. The number of hydrogen-bond donors (Lipinski definition) is 0. The molecule has 0 saturated carbocycles. The summed E-state index contributed by atoms with van der Waals surface area (Å²) < 4.78 is 7.74. The summed E-state index contributed by atoms with van der Waals surface area (Å²) >= 11 is 12.8. The predicted octanol–water partition coefficient (Wildman–Crippen LogP) is 5.22. The molecule has 26 heavy (non-hydrogen) atoms. The molecule has 3 nitrogen and oxygen atoms in total. The number of aryl methyl sites for hydroxylation is 2. The number of rotatable bonds is 3. The van der Waals surface area contributed by atoms with Crippen LogP contribution in [-0.4, -0.2) is 30.9 Å². The van der Waals surface area contributed by atoms with Gasteiger partial charge in [-0.3, -0.25) is 0 Å². The van der Waals surface area contributed by atoms with Crippen molar-refractivity contribution in [3.05, 3.63) is 63.3 Å². The highest BCUT2D eigenvalue weighted by Crippen LogP contribution is 2.32. The van der Waals surface area contributed by atoms with Crippen LogP contribution in [0.25, 0.3) is 10.9 Å². The van der Waals surface area contributed by atoms with Gasteiger partial charge in [0.2, 0.25) is 0 Å². The van der Waals surface area contributed by atoms with Crippen molar-refractivity contribution in [1.82, 2.24) is 4.57 Å². The molecule has 0 spiro atoms. The molecule has 0 N–H and O–H groups in total. The van der Waals surface area contributed by atoms with Crippen molar-refractivity contribution in [1.29, 1.82) is 0 Å². The number of anilines is 1. The average Bonchev–Trinajstić information content (AvgIpc) is 2.96. The first-order valence-corrected chi connectivity index (χ1v) is 9.64. The molecule has 1 aromatic heterocycles. The molecule has 0 atom stereocenters. The molecule has 1 saturated heterocycles. The van der Waals surface area contributed by atoms with E-state index in [1.165, 1.54) is 27.8 Å². The summed E-state index contributed by atoms with van der Waals surface area (Å²) in [5.74, 6) is 0. The van der Waals surface area contributed by atoms with Gasteiger partial charge >= 0.3 is 0 Å². The van der Waals surface area contributed by atoms with Gasteiger partial charge in [-0.05, 0) is 48.4 Å². The summed E-state index contributed by atoms with van der Waals surface area (Å²) in [6.07, 6.45) is 0.718. The average molecular weight is 389 g/mol. The Morgan fingerprint density at radius 2 is 1.73 bits per heavy atom. The molecule has 2 aromatic carbocycles. The Hall–Kier alpha value is -1.68. The molecule has 3 aromatic rings. The second-order valence-electron chi connectivity index (χ2n) is 6.87. The molecule has 5 heteroatoms. The SMILES string of the molecule is Cc1cc(N2CCOCC2)cc2c1cc(Cc1c(Cl)cccc1Cl)n2C. The Kier molecular flexibility index (Phi) is 4.87. The number of nitrogens with zero attached hydrogens (tertiary/aromatic N) is 2. The van der Waals surface area contributed by atoms with Gasteiger partial charge in [-0.15, -0.1) is 0 Å². The fourth-order valence-corrected chi connectivity index (χ4v) is 4.23. The molecule has 1 fully saturated rings. The monoisotopic (exact) mass is 388 g/mol. The Balaban J connectivity index is 1.75. The molecular weight excluding hydrogens is 367 g/mol. The van der Waals surface area contributed by atoms with Crippen LogP contribution in [0.3, 0.4) is 0 Å². The zero-order valence-electron chi connectivity index (χ0n) is 15.1. The molecular formula is C21H22Cl2N2O. The molecule has 136 valence electrons. The maximum absolute atomic E-state index is 6.38. The van der Waals surface area contributed by atoms with Gasteiger partial charge in [-0.2, -0.15) is 0 Å². The highest BCUT2D eigenvalue weighted by atomic mass is 35.5. The molecule has 0 bridgehead atoms.